The van der Waals surface area contributed by atoms with Gasteiger partial charge in [-0.3, -0.25) is 9.72 Å². The van der Waals surface area contributed by atoms with Gasteiger partial charge in [0.2, 0.25) is 0 Å². The van der Waals surface area contributed by atoms with Crippen LogP contribution in [-0.2, 0) is 0 Å². The molecule has 2 aromatic carbocycles. The van der Waals surface area contributed by atoms with Crippen LogP contribution in [0.3, 0.4) is 0 Å². The summed E-state index contributed by atoms with van der Waals surface area (Å²) in [6.07, 6.45) is 1.84. The minimum absolute atomic E-state index is 0.410. The van der Waals surface area contributed by atoms with Crippen molar-refractivity contribution < 1.29 is 4.79 Å². The summed E-state index contributed by atoms with van der Waals surface area (Å²) in [4.78, 5) is 17.4. The van der Waals surface area contributed by atoms with Crippen molar-refractivity contribution in [2.24, 2.45) is 0 Å². The van der Waals surface area contributed by atoms with Crippen LogP contribution >= 0.6 is 34.8 Å². The fourth-order valence-electron chi connectivity index (χ4n) is 3.00. The molecule has 0 unspecified atom stereocenters. The predicted molar refractivity (Wildman–Crippen MR) is 119 cm³/mol. The molecular formula is C21H15Cl3N4O. The first kappa shape index (κ1) is 19.6. The molecule has 2 N–H and O–H groups in total. The molecule has 0 spiro atoms. The molecule has 8 heteroatoms. The number of nitrogens with zero attached hydrogens (tertiary/aromatic N) is 2. The summed E-state index contributed by atoms with van der Waals surface area (Å²) >= 11 is 18.2. The first-order valence-electron chi connectivity index (χ1n) is 8.69. The first-order valence-corrected chi connectivity index (χ1v) is 9.82. The maximum atomic E-state index is 12.7. The Hall–Kier alpha value is -2.73. The number of urea groups is 1. The van der Waals surface area contributed by atoms with Crippen LogP contribution in [0.25, 0.3) is 16.9 Å². The van der Waals surface area contributed by atoms with E-state index in [1.54, 1.807) is 36.4 Å². The molecule has 0 radical (unpaired) electrons. The van der Waals surface area contributed by atoms with E-state index in [1.807, 2.05) is 35.7 Å². The molecule has 2 heterocycles. The Kier molecular flexibility index (Phi) is 5.37. The Morgan fingerprint density at radius 3 is 2.55 bits per heavy atom. The summed E-state index contributed by atoms with van der Waals surface area (Å²) in [6.45, 7) is 1.96. The van der Waals surface area contributed by atoms with Gasteiger partial charge in [0.15, 0.2) is 0 Å². The Labute approximate surface area is 182 Å². The SMILES string of the molecule is Cc1cccn2c(NC(=O)Nc3cccc(Cl)c3)c(-c3ccc(Cl)c(Cl)c3)nc12. The van der Waals surface area contributed by atoms with E-state index in [4.69, 9.17) is 39.8 Å². The molecular weight excluding hydrogens is 431 g/mol. The standard InChI is InChI=1S/C21H15Cl3N4O/c1-12-4-3-9-28-19(12)26-18(13-7-8-16(23)17(24)10-13)20(28)27-21(29)25-15-6-2-5-14(22)11-15/h2-11H,1H3,(H2,25,27,29). The molecule has 2 aromatic heterocycles. The number of carbonyl (C=O) groups is 1. The van der Waals surface area contributed by atoms with Crippen molar-refractivity contribution in [3.05, 3.63) is 81.4 Å². The third kappa shape index (κ3) is 4.03. The molecule has 4 aromatic rings. The van der Waals surface area contributed by atoms with Gasteiger partial charge in [-0.2, -0.15) is 0 Å². The molecule has 29 heavy (non-hydrogen) atoms. The number of pyridine rings is 1. The van der Waals surface area contributed by atoms with Gasteiger partial charge < -0.3 is 5.32 Å². The zero-order chi connectivity index (χ0) is 20.5. The van der Waals surface area contributed by atoms with Crippen molar-refractivity contribution in [3.8, 4) is 11.3 Å². The monoisotopic (exact) mass is 444 g/mol. The largest absolute Gasteiger partial charge is 0.324 e. The summed E-state index contributed by atoms with van der Waals surface area (Å²) < 4.78 is 1.82. The number of aromatic nitrogens is 2. The van der Waals surface area contributed by atoms with Crippen molar-refractivity contribution in [1.82, 2.24) is 9.38 Å². The van der Waals surface area contributed by atoms with Gasteiger partial charge in [0, 0.05) is 22.5 Å². The lowest BCUT2D eigenvalue weighted by atomic mass is 10.1. The second kappa shape index (κ2) is 7.95. The number of benzene rings is 2. The minimum Gasteiger partial charge on any atom is -0.308 e. The van der Waals surface area contributed by atoms with Crippen molar-refractivity contribution in [2.75, 3.05) is 10.6 Å². The topological polar surface area (TPSA) is 58.4 Å². The van der Waals surface area contributed by atoms with E-state index in [0.29, 0.717) is 32.3 Å². The Balaban J connectivity index is 1.76. The van der Waals surface area contributed by atoms with Gasteiger partial charge in [-0.1, -0.05) is 53.0 Å². The normalized spacial score (nSPS) is 10.9. The van der Waals surface area contributed by atoms with E-state index < -0.39 is 6.03 Å². The van der Waals surface area contributed by atoms with E-state index in [9.17, 15) is 4.79 Å². The quantitative estimate of drug-likeness (QED) is 0.360. The van der Waals surface area contributed by atoms with Crippen LogP contribution in [-0.4, -0.2) is 15.4 Å². The van der Waals surface area contributed by atoms with Gasteiger partial charge in [-0.25, -0.2) is 9.78 Å². The van der Waals surface area contributed by atoms with Crippen LogP contribution < -0.4 is 10.6 Å². The van der Waals surface area contributed by atoms with E-state index in [1.165, 1.54) is 0 Å². The molecule has 0 fully saturated rings. The Morgan fingerprint density at radius 2 is 1.79 bits per heavy atom. The van der Waals surface area contributed by atoms with Gasteiger partial charge in [-0.15, -0.1) is 0 Å². The lowest BCUT2D eigenvalue weighted by Gasteiger charge is -2.10. The summed E-state index contributed by atoms with van der Waals surface area (Å²) in [6, 6.07) is 15.6. The van der Waals surface area contributed by atoms with Crippen molar-refractivity contribution >= 4 is 58.0 Å². The summed E-state index contributed by atoms with van der Waals surface area (Å²) in [5.41, 5.74) is 3.60. The van der Waals surface area contributed by atoms with Gasteiger partial charge in [-0.05, 0) is 48.9 Å². The molecule has 4 rings (SSSR count). The highest BCUT2D eigenvalue weighted by atomic mass is 35.5. The number of hydrogen-bond donors (Lipinski definition) is 2. The van der Waals surface area contributed by atoms with Crippen LogP contribution in [0.5, 0.6) is 0 Å². The Bertz CT molecular complexity index is 1240. The van der Waals surface area contributed by atoms with Crippen molar-refractivity contribution in [2.45, 2.75) is 6.92 Å². The van der Waals surface area contributed by atoms with Gasteiger partial charge in [0.1, 0.15) is 17.2 Å². The minimum atomic E-state index is -0.420. The second-order valence-electron chi connectivity index (χ2n) is 6.41. The number of carbonyl (C=O) groups excluding carboxylic acids is 1. The molecule has 0 aliphatic carbocycles. The number of rotatable bonds is 3. The highest BCUT2D eigenvalue weighted by molar-refractivity contribution is 6.42. The van der Waals surface area contributed by atoms with E-state index in [-0.39, 0.29) is 0 Å². The van der Waals surface area contributed by atoms with Crippen molar-refractivity contribution in [1.29, 1.82) is 0 Å². The smallest absolute Gasteiger partial charge is 0.308 e. The molecule has 5 nitrogen and oxygen atoms in total. The van der Waals surface area contributed by atoms with Gasteiger partial charge >= 0.3 is 6.03 Å². The Morgan fingerprint density at radius 1 is 0.966 bits per heavy atom. The highest BCUT2D eigenvalue weighted by Gasteiger charge is 2.18. The molecule has 0 aliphatic heterocycles. The number of amides is 2. The van der Waals surface area contributed by atoms with Crippen LogP contribution in [0.1, 0.15) is 5.56 Å². The maximum Gasteiger partial charge on any atom is 0.324 e. The van der Waals surface area contributed by atoms with E-state index >= 15 is 0 Å². The predicted octanol–water partition coefficient (Wildman–Crippen LogP) is 6.91. The van der Waals surface area contributed by atoms with E-state index in [0.717, 1.165) is 16.8 Å². The molecule has 2 amide bonds. The fourth-order valence-corrected chi connectivity index (χ4v) is 3.49. The zero-order valence-electron chi connectivity index (χ0n) is 15.2. The number of fused-ring (bicyclic) bond motifs is 1. The molecule has 0 saturated heterocycles. The molecule has 0 aliphatic rings. The average molecular weight is 446 g/mol. The molecule has 0 atom stereocenters. The number of anilines is 2. The molecule has 146 valence electrons. The summed E-state index contributed by atoms with van der Waals surface area (Å²) in [5, 5.41) is 7.06. The van der Waals surface area contributed by atoms with Crippen LogP contribution in [0.4, 0.5) is 16.3 Å². The fraction of sp³-hybridized carbons (Fsp3) is 0.0476. The van der Waals surface area contributed by atoms with Crippen LogP contribution in [0.15, 0.2) is 60.8 Å². The summed E-state index contributed by atoms with van der Waals surface area (Å²) in [5.74, 6) is 0.515. The third-order valence-corrected chi connectivity index (χ3v) is 5.33. The number of halogens is 3. The average Bonchev–Trinajstić information content (AvgIpc) is 3.04. The zero-order valence-corrected chi connectivity index (χ0v) is 17.5. The van der Waals surface area contributed by atoms with Gasteiger partial charge in [0.25, 0.3) is 0 Å². The van der Waals surface area contributed by atoms with Crippen molar-refractivity contribution in [3.63, 3.8) is 0 Å². The number of nitrogens with one attached hydrogen (secondary N) is 2. The molecule has 0 saturated carbocycles. The second-order valence-corrected chi connectivity index (χ2v) is 7.66. The number of aryl methyl sites for hydroxylation is 1. The van der Waals surface area contributed by atoms with Gasteiger partial charge in [0.05, 0.1) is 10.0 Å². The van der Waals surface area contributed by atoms with Crippen LogP contribution in [0, 0.1) is 6.92 Å². The number of imidazole rings is 1. The lowest BCUT2D eigenvalue weighted by molar-refractivity contribution is 0.262. The van der Waals surface area contributed by atoms with E-state index in [2.05, 4.69) is 10.6 Å². The lowest BCUT2D eigenvalue weighted by Crippen LogP contribution is -2.20. The maximum absolute atomic E-state index is 12.7. The molecule has 0 bridgehead atoms. The van der Waals surface area contributed by atoms with Crippen LogP contribution in [0.2, 0.25) is 15.1 Å². The first-order chi connectivity index (χ1) is 13.9. The highest BCUT2D eigenvalue weighted by Crippen LogP contribution is 2.33. The third-order valence-electron chi connectivity index (χ3n) is 4.35. The number of hydrogen-bond acceptors (Lipinski definition) is 2. The summed E-state index contributed by atoms with van der Waals surface area (Å²) in [7, 11) is 0.